The van der Waals surface area contributed by atoms with Crippen molar-refractivity contribution in [3.63, 3.8) is 0 Å². The van der Waals surface area contributed by atoms with Gasteiger partial charge in [0, 0.05) is 9.61 Å². The smallest absolute Gasteiger partial charge is 0.0297 e. The molecular formula is C11H16IN. The molecule has 0 saturated carbocycles. The van der Waals surface area contributed by atoms with E-state index in [9.17, 15) is 0 Å². The lowest BCUT2D eigenvalue weighted by atomic mass is 9.99. The third kappa shape index (κ3) is 2.95. The maximum atomic E-state index is 6.07. The monoisotopic (exact) mass is 289 g/mol. The summed E-state index contributed by atoms with van der Waals surface area (Å²) in [7, 11) is 0. The first kappa shape index (κ1) is 11.0. The molecule has 2 heteroatoms. The molecule has 1 aromatic rings. The van der Waals surface area contributed by atoms with E-state index in [1.54, 1.807) is 0 Å². The molecule has 1 rings (SSSR count). The Balaban J connectivity index is 2.91. The summed E-state index contributed by atoms with van der Waals surface area (Å²) in [5.74, 6) is 0. The number of benzene rings is 1. The minimum atomic E-state index is 0.208. The van der Waals surface area contributed by atoms with E-state index in [0.29, 0.717) is 0 Å². The lowest BCUT2D eigenvalue weighted by molar-refractivity contribution is 0.635. The van der Waals surface area contributed by atoms with Gasteiger partial charge in [-0.05, 0) is 59.2 Å². The highest BCUT2D eigenvalue weighted by atomic mass is 127. The van der Waals surface area contributed by atoms with E-state index in [1.165, 1.54) is 14.7 Å². The van der Waals surface area contributed by atoms with E-state index in [0.717, 1.165) is 12.8 Å². The molecule has 0 unspecified atom stereocenters. The molecule has 0 aliphatic rings. The van der Waals surface area contributed by atoms with Crippen molar-refractivity contribution < 1.29 is 0 Å². The Morgan fingerprint density at radius 2 is 2.15 bits per heavy atom. The van der Waals surface area contributed by atoms with Gasteiger partial charge in [-0.2, -0.15) is 0 Å². The molecule has 72 valence electrons. The van der Waals surface area contributed by atoms with Gasteiger partial charge < -0.3 is 5.73 Å². The zero-order chi connectivity index (χ0) is 9.84. The molecule has 2 N–H and O–H groups in total. The molecule has 0 amide bonds. The van der Waals surface area contributed by atoms with E-state index in [4.69, 9.17) is 5.73 Å². The Hall–Kier alpha value is -0.0900. The standard InChI is InChI=1S/C11H16IN/c1-3-4-11(13)10-7-9(12)6-5-8(10)2/h5-7,11H,3-4,13H2,1-2H3/t11-/m0/s1. The van der Waals surface area contributed by atoms with Crippen molar-refractivity contribution in [3.8, 4) is 0 Å². The molecule has 0 aliphatic heterocycles. The summed E-state index contributed by atoms with van der Waals surface area (Å²) in [6.07, 6.45) is 2.22. The predicted molar refractivity (Wildman–Crippen MR) is 65.7 cm³/mol. The molecule has 1 nitrogen and oxygen atoms in total. The number of nitrogens with two attached hydrogens (primary N) is 1. The van der Waals surface area contributed by atoms with Gasteiger partial charge in [-0.3, -0.25) is 0 Å². The van der Waals surface area contributed by atoms with Gasteiger partial charge in [-0.25, -0.2) is 0 Å². The highest BCUT2D eigenvalue weighted by Crippen LogP contribution is 2.21. The minimum Gasteiger partial charge on any atom is -0.324 e. The second-order valence-electron chi connectivity index (χ2n) is 3.40. The zero-order valence-corrected chi connectivity index (χ0v) is 10.3. The van der Waals surface area contributed by atoms with E-state index in [-0.39, 0.29) is 6.04 Å². The van der Waals surface area contributed by atoms with Crippen LogP contribution in [0.3, 0.4) is 0 Å². The summed E-state index contributed by atoms with van der Waals surface area (Å²) in [4.78, 5) is 0. The maximum Gasteiger partial charge on any atom is 0.0297 e. The largest absolute Gasteiger partial charge is 0.324 e. The van der Waals surface area contributed by atoms with Crippen LogP contribution in [0.1, 0.15) is 36.9 Å². The maximum absolute atomic E-state index is 6.07. The normalized spacial score (nSPS) is 12.9. The average Bonchev–Trinajstić information content (AvgIpc) is 2.09. The fourth-order valence-electron chi connectivity index (χ4n) is 1.48. The summed E-state index contributed by atoms with van der Waals surface area (Å²) in [5, 5.41) is 0. The van der Waals surface area contributed by atoms with Crippen molar-refractivity contribution >= 4 is 22.6 Å². The third-order valence-electron chi connectivity index (χ3n) is 2.24. The summed E-state index contributed by atoms with van der Waals surface area (Å²) in [6.45, 7) is 4.30. The second kappa shape index (κ2) is 4.96. The molecule has 1 aromatic carbocycles. The van der Waals surface area contributed by atoms with E-state index in [1.807, 2.05) is 0 Å². The van der Waals surface area contributed by atoms with Crippen LogP contribution in [0.5, 0.6) is 0 Å². The third-order valence-corrected chi connectivity index (χ3v) is 2.91. The van der Waals surface area contributed by atoms with Crippen LogP contribution in [0.4, 0.5) is 0 Å². The van der Waals surface area contributed by atoms with Crippen LogP contribution in [0.25, 0.3) is 0 Å². The number of halogens is 1. The van der Waals surface area contributed by atoms with E-state index >= 15 is 0 Å². The van der Waals surface area contributed by atoms with Crippen LogP contribution in [-0.4, -0.2) is 0 Å². The lowest BCUT2D eigenvalue weighted by Crippen LogP contribution is -2.11. The van der Waals surface area contributed by atoms with E-state index in [2.05, 4.69) is 54.6 Å². The van der Waals surface area contributed by atoms with Crippen molar-refractivity contribution in [1.29, 1.82) is 0 Å². The Bertz CT molecular complexity index is 283. The highest BCUT2D eigenvalue weighted by Gasteiger charge is 2.07. The average molecular weight is 289 g/mol. The Morgan fingerprint density at radius 3 is 2.77 bits per heavy atom. The van der Waals surface area contributed by atoms with Crippen molar-refractivity contribution in [2.45, 2.75) is 32.7 Å². The first-order valence-electron chi connectivity index (χ1n) is 4.66. The quantitative estimate of drug-likeness (QED) is 0.848. The highest BCUT2D eigenvalue weighted by molar-refractivity contribution is 14.1. The van der Waals surface area contributed by atoms with Crippen molar-refractivity contribution in [2.75, 3.05) is 0 Å². The Labute approximate surface area is 93.9 Å². The summed E-state index contributed by atoms with van der Waals surface area (Å²) >= 11 is 2.33. The Kier molecular flexibility index (Phi) is 4.19. The van der Waals surface area contributed by atoms with Crippen molar-refractivity contribution in [3.05, 3.63) is 32.9 Å². The van der Waals surface area contributed by atoms with Gasteiger partial charge in [-0.15, -0.1) is 0 Å². The molecule has 1 atom stereocenters. The van der Waals surface area contributed by atoms with Crippen LogP contribution in [0.2, 0.25) is 0 Å². The SMILES string of the molecule is CCC[C@H](N)c1cc(I)ccc1C. The fourth-order valence-corrected chi connectivity index (χ4v) is 1.99. The van der Waals surface area contributed by atoms with Crippen LogP contribution in [0.15, 0.2) is 18.2 Å². The second-order valence-corrected chi connectivity index (χ2v) is 4.64. The van der Waals surface area contributed by atoms with Gasteiger partial charge >= 0.3 is 0 Å². The van der Waals surface area contributed by atoms with E-state index < -0.39 is 0 Å². The molecule has 0 saturated heterocycles. The van der Waals surface area contributed by atoms with Gasteiger partial charge in [0.05, 0.1) is 0 Å². The number of aryl methyl sites for hydroxylation is 1. The molecule has 0 fully saturated rings. The van der Waals surface area contributed by atoms with Gasteiger partial charge in [0.1, 0.15) is 0 Å². The number of hydrogen-bond acceptors (Lipinski definition) is 1. The summed E-state index contributed by atoms with van der Waals surface area (Å²) in [6, 6.07) is 6.67. The molecule has 0 bridgehead atoms. The van der Waals surface area contributed by atoms with Gasteiger partial charge in [0.15, 0.2) is 0 Å². The van der Waals surface area contributed by atoms with Gasteiger partial charge in [0.2, 0.25) is 0 Å². The molecule has 13 heavy (non-hydrogen) atoms. The minimum absolute atomic E-state index is 0.208. The van der Waals surface area contributed by atoms with Crippen LogP contribution in [0, 0.1) is 10.5 Å². The first-order chi connectivity index (χ1) is 6.15. The van der Waals surface area contributed by atoms with Crippen LogP contribution >= 0.6 is 22.6 Å². The molecule has 0 heterocycles. The topological polar surface area (TPSA) is 26.0 Å². The van der Waals surface area contributed by atoms with Gasteiger partial charge in [-0.1, -0.05) is 19.4 Å². The molecule has 0 radical (unpaired) electrons. The first-order valence-corrected chi connectivity index (χ1v) is 5.74. The van der Waals surface area contributed by atoms with Gasteiger partial charge in [0.25, 0.3) is 0 Å². The lowest BCUT2D eigenvalue weighted by Gasteiger charge is -2.13. The zero-order valence-electron chi connectivity index (χ0n) is 8.18. The van der Waals surface area contributed by atoms with Crippen molar-refractivity contribution in [1.82, 2.24) is 0 Å². The number of rotatable bonds is 3. The van der Waals surface area contributed by atoms with Crippen LogP contribution < -0.4 is 5.73 Å². The molecule has 0 spiro atoms. The molecule has 0 aromatic heterocycles. The summed E-state index contributed by atoms with van der Waals surface area (Å²) in [5.41, 5.74) is 8.68. The summed E-state index contributed by atoms with van der Waals surface area (Å²) < 4.78 is 1.27. The Morgan fingerprint density at radius 1 is 1.46 bits per heavy atom. The molecule has 0 aliphatic carbocycles. The number of hydrogen-bond donors (Lipinski definition) is 1. The fraction of sp³-hybridized carbons (Fsp3) is 0.455. The van der Waals surface area contributed by atoms with Crippen molar-refractivity contribution in [2.24, 2.45) is 5.73 Å². The predicted octanol–water partition coefficient (Wildman–Crippen LogP) is 3.40. The van der Waals surface area contributed by atoms with Crippen LogP contribution in [-0.2, 0) is 0 Å². The molecular weight excluding hydrogens is 273 g/mol.